The SMILES string of the molecule is CC(C)C(=O)/C(=C/c1ccccn1)C(=O)Nc1ccccc1. The van der Waals surface area contributed by atoms with Crippen LogP contribution in [0.3, 0.4) is 0 Å². The number of para-hydroxylation sites is 1. The van der Waals surface area contributed by atoms with Gasteiger partial charge in [0.2, 0.25) is 0 Å². The van der Waals surface area contributed by atoms with Crippen molar-refractivity contribution in [2.24, 2.45) is 5.92 Å². The number of hydrogen-bond donors (Lipinski definition) is 1. The summed E-state index contributed by atoms with van der Waals surface area (Å²) < 4.78 is 0. The van der Waals surface area contributed by atoms with E-state index in [4.69, 9.17) is 0 Å². The topological polar surface area (TPSA) is 59.1 Å². The summed E-state index contributed by atoms with van der Waals surface area (Å²) in [6.07, 6.45) is 3.15. The van der Waals surface area contributed by atoms with Crippen molar-refractivity contribution in [2.45, 2.75) is 13.8 Å². The number of Topliss-reactive ketones (excluding diaryl/α,β-unsaturated/α-hetero) is 1. The Morgan fingerprint density at radius 1 is 1.05 bits per heavy atom. The van der Waals surface area contributed by atoms with Crippen molar-refractivity contribution in [2.75, 3.05) is 5.32 Å². The fourth-order valence-corrected chi connectivity index (χ4v) is 1.89. The molecule has 0 unspecified atom stereocenters. The van der Waals surface area contributed by atoms with E-state index in [1.54, 1.807) is 44.3 Å². The van der Waals surface area contributed by atoms with Crippen molar-refractivity contribution in [1.29, 1.82) is 0 Å². The zero-order valence-corrected chi connectivity index (χ0v) is 12.6. The van der Waals surface area contributed by atoms with E-state index >= 15 is 0 Å². The van der Waals surface area contributed by atoms with Crippen molar-refractivity contribution in [3.8, 4) is 0 Å². The van der Waals surface area contributed by atoms with Crippen LogP contribution in [0.5, 0.6) is 0 Å². The normalized spacial score (nSPS) is 11.3. The predicted octanol–water partition coefficient (Wildman–Crippen LogP) is 3.33. The molecule has 0 atom stereocenters. The summed E-state index contributed by atoms with van der Waals surface area (Å²) in [5.74, 6) is -0.897. The summed E-state index contributed by atoms with van der Waals surface area (Å²) in [6, 6.07) is 14.4. The molecular weight excluding hydrogens is 276 g/mol. The molecule has 2 rings (SSSR count). The standard InChI is InChI=1S/C18H18N2O2/c1-13(2)17(21)16(12-15-10-6-7-11-19-15)18(22)20-14-8-4-3-5-9-14/h3-13H,1-2H3,(H,20,22)/b16-12-. The van der Waals surface area contributed by atoms with Gasteiger partial charge in [0.15, 0.2) is 5.78 Å². The summed E-state index contributed by atoms with van der Waals surface area (Å²) in [5, 5.41) is 2.74. The summed E-state index contributed by atoms with van der Waals surface area (Å²) in [7, 11) is 0. The van der Waals surface area contributed by atoms with Crippen LogP contribution in [-0.4, -0.2) is 16.7 Å². The highest BCUT2D eigenvalue weighted by Gasteiger charge is 2.21. The lowest BCUT2D eigenvalue weighted by Gasteiger charge is -2.10. The van der Waals surface area contributed by atoms with Gasteiger partial charge in [0.05, 0.1) is 11.3 Å². The van der Waals surface area contributed by atoms with Crippen molar-refractivity contribution >= 4 is 23.5 Å². The molecule has 4 heteroatoms. The van der Waals surface area contributed by atoms with Gasteiger partial charge in [-0.1, -0.05) is 38.1 Å². The molecule has 0 fully saturated rings. The monoisotopic (exact) mass is 294 g/mol. The first-order valence-electron chi connectivity index (χ1n) is 7.11. The minimum absolute atomic E-state index is 0.109. The van der Waals surface area contributed by atoms with Crippen LogP contribution < -0.4 is 5.32 Å². The van der Waals surface area contributed by atoms with E-state index in [9.17, 15) is 9.59 Å². The Hall–Kier alpha value is -2.75. The minimum atomic E-state index is -0.421. The number of nitrogens with zero attached hydrogens (tertiary/aromatic N) is 1. The van der Waals surface area contributed by atoms with Gasteiger partial charge < -0.3 is 5.32 Å². The number of aromatic nitrogens is 1. The van der Waals surface area contributed by atoms with Crippen LogP contribution in [0.15, 0.2) is 60.3 Å². The number of nitrogens with one attached hydrogen (secondary N) is 1. The van der Waals surface area contributed by atoms with Crippen molar-refractivity contribution in [1.82, 2.24) is 4.98 Å². The zero-order chi connectivity index (χ0) is 15.9. The highest BCUT2D eigenvalue weighted by molar-refractivity contribution is 6.26. The number of benzene rings is 1. The lowest BCUT2D eigenvalue weighted by molar-refractivity contribution is -0.121. The van der Waals surface area contributed by atoms with E-state index in [0.29, 0.717) is 11.4 Å². The molecule has 22 heavy (non-hydrogen) atoms. The van der Waals surface area contributed by atoms with E-state index in [1.807, 2.05) is 24.3 Å². The molecule has 4 nitrogen and oxygen atoms in total. The molecule has 0 saturated carbocycles. The first-order chi connectivity index (χ1) is 10.6. The molecule has 0 aliphatic heterocycles. The Kier molecular flexibility index (Phi) is 5.20. The molecule has 1 N–H and O–H groups in total. The third kappa shape index (κ3) is 4.12. The van der Waals surface area contributed by atoms with E-state index in [1.165, 1.54) is 6.08 Å². The van der Waals surface area contributed by atoms with Crippen molar-refractivity contribution < 1.29 is 9.59 Å². The number of hydrogen-bond acceptors (Lipinski definition) is 3. The number of anilines is 1. The largest absolute Gasteiger partial charge is 0.322 e. The Bertz CT molecular complexity index is 677. The predicted molar refractivity (Wildman–Crippen MR) is 87.1 cm³/mol. The second-order valence-electron chi connectivity index (χ2n) is 5.15. The maximum atomic E-state index is 12.4. The smallest absolute Gasteiger partial charge is 0.259 e. The number of carbonyl (C=O) groups is 2. The summed E-state index contributed by atoms with van der Waals surface area (Å²) in [4.78, 5) is 28.9. The Labute approximate surface area is 129 Å². The molecule has 0 radical (unpaired) electrons. The Balaban J connectivity index is 2.30. The van der Waals surface area contributed by atoms with Gasteiger partial charge in [0, 0.05) is 17.8 Å². The Morgan fingerprint density at radius 2 is 1.73 bits per heavy atom. The number of amides is 1. The first kappa shape index (κ1) is 15.6. The van der Waals surface area contributed by atoms with Crippen LogP contribution in [0, 0.1) is 5.92 Å². The van der Waals surface area contributed by atoms with Crippen molar-refractivity contribution in [3.63, 3.8) is 0 Å². The van der Waals surface area contributed by atoms with Crippen molar-refractivity contribution in [3.05, 3.63) is 66.0 Å². The molecule has 1 heterocycles. The summed E-state index contributed by atoms with van der Waals surface area (Å²) >= 11 is 0. The second-order valence-corrected chi connectivity index (χ2v) is 5.15. The second kappa shape index (κ2) is 7.31. The van der Waals surface area contributed by atoms with Gasteiger partial charge in [-0.05, 0) is 30.3 Å². The summed E-state index contributed by atoms with van der Waals surface area (Å²) in [5.41, 5.74) is 1.34. The number of carbonyl (C=O) groups excluding carboxylic acids is 2. The highest BCUT2D eigenvalue weighted by atomic mass is 16.2. The zero-order valence-electron chi connectivity index (χ0n) is 12.6. The third-order valence-electron chi connectivity index (χ3n) is 3.05. The van der Waals surface area contributed by atoms with Gasteiger partial charge in [-0.25, -0.2) is 0 Å². The van der Waals surface area contributed by atoms with Crippen LogP contribution in [0.4, 0.5) is 5.69 Å². The first-order valence-corrected chi connectivity index (χ1v) is 7.11. The van der Waals surface area contributed by atoms with Crippen LogP contribution in [0.25, 0.3) is 6.08 Å². The van der Waals surface area contributed by atoms with Crippen LogP contribution in [0.1, 0.15) is 19.5 Å². The summed E-state index contributed by atoms with van der Waals surface area (Å²) in [6.45, 7) is 3.54. The highest BCUT2D eigenvalue weighted by Crippen LogP contribution is 2.14. The maximum absolute atomic E-state index is 12.4. The quantitative estimate of drug-likeness (QED) is 0.523. The molecule has 0 aliphatic carbocycles. The molecule has 1 aromatic heterocycles. The molecule has 2 aromatic rings. The Morgan fingerprint density at radius 3 is 2.32 bits per heavy atom. The van der Waals surface area contributed by atoms with Gasteiger partial charge >= 0.3 is 0 Å². The molecule has 112 valence electrons. The van der Waals surface area contributed by atoms with E-state index in [-0.39, 0.29) is 17.3 Å². The molecule has 0 bridgehead atoms. The lowest BCUT2D eigenvalue weighted by Crippen LogP contribution is -2.23. The molecule has 0 spiro atoms. The van der Waals surface area contributed by atoms with Crippen LogP contribution >= 0.6 is 0 Å². The van der Waals surface area contributed by atoms with Crippen LogP contribution in [-0.2, 0) is 9.59 Å². The molecule has 1 aromatic carbocycles. The maximum Gasteiger partial charge on any atom is 0.259 e. The average molecular weight is 294 g/mol. The molecule has 0 aliphatic rings. The fraction of sp³-hybridized carbons (Fsp3) is 0.167. The van der Waals surface area contributed by atoms with Gasteiger partial charge in [-0.3, -0.25) is 14.6 Å². The van der Waals surface area contributed by atoms with Gasteiger partial charge in [0.1, 0.15) is 0 Å². The van der Waals surface area contributed by atoms with E-state index < -0.39 is 5.91 Å². The number of pyridine rings is 1. The van der Waals surface area contributed by atoms with E-state index in [2.05, 4.69) is 10.3 Å². The average Bonchev–Trinajstić information content (AvgIpc) is 2.53. The lowest BCUT2D eigenvalue weighted by atomic mass is 9.99. The van der Waals surface area contributed by atoms with Gasteiger partial charge in [0.25, 0.3) is 5.91 Å². The van der Waals surface area contributed by atoms with E-state index in [0.717, 1.165) is 0 Å². The molecule has 1 amide bonds. The fourth-order valence-electron chi connectivity index (χ4n) is 1.89. The van der Waals surface area contributed by atoms with Gasteiger partial charge in [-0.15, -0.1) is 0 Å². The minimum Gasteiger partial charge on any atom is -0.322 e. The van der Waals surface area contributed by atoms with Gasteiger partial charge in [-0.2, -0.15) is 0 Å². The third-order valence-corrected chi connectivity index (χ3v) is 3.05. The van der Waals surface area contributed by atoms with Crippen LogP contribution in [0.2, 0.25) is 0 Å². The number of ketones is 1. The molecule has 0 saturated heterocycles. The number of rotatable bonds is 5. The molecular formula is C18H18N2O2.